The second kappa shape index (κ2) is 6.42. The van der Waals surface area contributed by atoms with Gasteiger partial charge in [-0.2, -0.15) is 0 Å². The summed E-state index contributed by atoms with van der Waals surface area (Å²) in [5.41, 5.74) is 0. The first-order chi connectivity index (χ1) is 8.36. The maximum Gasteiger partial charge on any atom is 0.374 e. The maximum atomic E-state index is 11.4. The number of hydrogen-bond donors (Lipinski definition) is 0. The van der Waals surface area contributed by atoms with Crippen LogP contribution < -0.4 is 0 Å². The molecule has 0 bridgehead atoms. The van der Waals surface area contributed by atoms with Crippen molar-refractivity contribution in [3.8, 4) is 0 Å². The molecule has 0 spiro atoms. The second-order valence-electron chi connectivity index (χ2n) is 3.92. The molecule has 17 heavy (non-hydrogen) atoms. The van der Waals surface area contributed by atoms with Crippen molar-refractivity contribution in [2.24, 2.45) is 0 Å². The van der Waals surface area contributed by atoms with Crippen LogP contribution in [-0.2, 0) is 9.47 Å². The molecule has 0 atom stereocenters. The summed E-state index contributed by atoms with van der Waals surface area (Å²) in [5, 5.41) is 0. The van der Waals surface area contributed by atoms with Crippen LogP contribution in [0, 0.1) is 0 Å². The van der Waals surface area contributed by atoms with Gasteiger partial charge in [0.05, 0.1) is 26.1 Å². The highest BCUT2D eigenvalue weighted by Crippen LogP contribution is 2.03. The van der Waals surface area contributed by atoms with Gasteiger partial charge in [-0.3, -0.25) is 4.90 Å². The van der Waals surface area contributed by atoms with Crippen LogP contribution in [0.25, 0.3) is 0 Å². The molecule has 5 heteroatoms. The Morgan fingerprint density at radius 2 is 2.24 bits per heavy atom. The van der Waals surface area contributed by atoms with E-state index in [0.717, 1.165) is 39.3 Å². The molecule has 0 amide bonds. The smallest absolute Gasteiger partial charge is 0.374 e. The molecule has 0 unspecified atom stereocenters. The van der Waals surface area contributed by atoms with Gasteiger partial charge in [-0.05, 0) is 18.6 Å². The summed E-state index contributed by atoms with van der Waals surface area (Å²) in [6.07, 6.45) is 2.30. The lowest BCUT2D eigenvalue weighted by Gasteiger charge is -2.26. The lowest BCUT2D eigenvalue weighted by atomic mass is 10.3. The summed E-state index contributed by atoms with van der Waals surface area (Å²) < 4.78 is 15.3. The fourth-order valence-corrected chi connectivity index (χ4v) is 1.74. The molecule has 1 fully saturated rings. The van der Waals surface area contributed by atoms with E-state index in [1.165, 1.54) is 6.26 Å². The van der Waals surface area contributed by atoms with E-state index >= 15 is 0 Å². The monoisotopic (exact) mass is 239 g/mol. The largest absolute Gasteiger partial charge is 0.460 e. The zero-order valence-corrected chi connectivity index (χ0v) is 9.76. The van der Waals surface area contributed by atoms with Gasteiger partial charge in [0.2, 0.25) is 5.76 Å². The van der Waals surface area contributed by atoms with Crippen LogP contribution in [0.4, 0.5) is 0 Å². The molecule has 1 saturated heterocycles. The summed E-state index contributed by atoms with van der Waals surface area (Å²) in [6.45, 7) is 4.89. The molecular formula is C12H17NO4. The number of furan rings is 1. The minimum absolute atomic E-state index is 0.261. The van der Waals surface area contributed by atoms with Crippen LogP contribution >= 0.6 is 0 Å². The first kappa shape index (κ1) is 12.1. The molecule has 5 nitrogen and oxygen atoms in total. The van der Waals surface area contributed by atoms with Gasteiger partial charge in [-0.15, -0.1) is 0 Å². The number of nitrogens with zero attached hydrogens (tertiary/aromatic N) is 1. The molecule has 2 heterocycles. The first-order valence-corrected chi connectivity index (χ1v) is 5.87. The Morgan fingerprint density at radius 3 is 2.94 bits per heavy atom. The predicted octanol–water partition coefficient (Wildman–Crippen LogP) is 1.16. The van der Waals surface area contributed by atoms with Crippen molar-refractivity contribution in [1.82, 2.24) is 4.90 Å². The van der Waals surface area contributed by atoms with E-state index in [-0.39, 0.29) is 5.76 Å². The molecule has 1 aliphatic rings. The molecule has 1 aromatic heterocycles. The minimum Gasteiger partial charge on any atom is -0.460 e. The van der Waals surface area contributed by atoms with Crippen molar-refractivity contribution in [1.29, 1.82) is 0 Å². The number of morpholine rings is 1. The molecule has 2 rings (SSSR count). The van der Waals surface area contributed by atoms with Crippen molar-refractivity contribution in [3.63, 3.8) is 0 Å². The van der Waals surface area contributed by atoms with E-state index in [9.17, 15) is 4.79 Å². The summed E-state index contributed by atoms with van der Waals surface area (Å²) in [5.74, 6) is -0.131. The second-order valence-corrected chi connectivity index (χ2v) is 3.92. The van der Waals surface area contributed by atoms with Crippen molar-refractivity contribution >= 4 is 5.97 Å². The van der Waals surface area contributed by atoms with Crippen LogP contribution in [0.3, 0.4) is 0 Å². The van der Waals surface area contributed by atoms with E-state index in [4.69, 9.17) is 13.9 Å². The maximum absolute atomic E-state index is 11.4. The van der Waals surface area contributed by atoms with E-state index in [1.807, 2.05) is 0 Å². The number of rotatable bonds is 5. The van der Waals surface area contributed by atoms with E-state index in [0.29, 0.717) is 6.61 Å². The molecule has 0 radical (unpaired) electrons. The summed E-state index contributed by atoms with van der Waals surface area (Å²) >= 11 is 0. The molecule has 0 N–H and O–H groups in total. The van der Waals surface area contributed by atoms with Gasteiger partial charge in [-0.1, -0.05) is 0 Å². The SMILES string of the molecule is O=C(OCCCN1CCOCC1)c1ccco1. The Morgan fingerprint density at radius 1 is 1.41 bits per heavy atom. The summed E-state index contributed by atoms with van der Waals surface area (Å²) in [4.78, 5) is 13.7. The third-order valence-corrected chi connectivity index (χ3v) is 2.68. The fourth-order valence-electron chi connectivity index (χ4n) is 1.74. The van der Waals surface area contributed by atoms with Gasteiger partial charge in [0.15, 0.2) is 0 Å². The average molecular weight is 239 g/mol. The first-order valence-electron chi connectivity index (χ1n) is 5.87. The highest BCUT2D eigenvalue weighted by molar-refractivity contribution is 5.86. The summed E-state index contributed by atoms with van der Waals surface area (Å²) in [7, 11) is 0. The van der Waals surface area contributed by atoms with E-state index in [1.54, 1.807) is 12.1 Å². The van der Waals surface area contributed by atoms with Crippen LogP contribution in [0.5, 0.6) is 0 Å². The normalized spacial score (nSPS) is 16.9. The highest BCUT2D eigenvalue weighted by atomic mass is 16.5. The topological polar surface area (TPSA) is 51.9 Å². The zero-order chi connectivity index (χ0) is 11.9. The molecule has 0 aromatic carbocycles. The van der Waals surface area contributed by atoms with Gasteiger partial charge in [0.1, 0.15) is 0 Å². The van der Waals surface area contributed by atoms with Gasteiger partial charge in [0, 0.05) is 19.6 Å². The van der Waals surface area contributed by atoms with Gasteiger partial charge in [0.25, 0.3) is 0 Å². The van der Waals surface area contributed by atoms with Gasteiger partial charge < -0.3 is 13.9 Å². The van der Waals surface area contributed by atoms with Crippen molar-refractivity contribution < 1.29 is 18.7 Å². The Balaban J connectivity index is 1.58. The van der Waals surface area contributed by atoms with Crippen LogP contribution in [-0.4, -0.2) is 50.3 Å². The van der Waals surface area contributed by atoms with Crippen LogP contribution in [0.2, 0.25) is 0 Å². The van der Waals surface area contributed by atoms with Crippen LogP contribution in [0.1, 0.15) is 17.0 Å². The third-order valence-electron chi connectivity index (χ3n) is 2.68. The zero-order valence-electron chi connectivity index (χ0n) is 9.76. The molecule has 1 aromatic rings. The number of esters is 1. The van der Waals surface area contributed by atoms with Crippen LogP contribution in [0.15, 0.2) is 22.8 Å². The standard InChI is InChI=1S/C12H17NO4/c14-12(11-3-1-7-16-11)17-8-2-4-13-5-9-15-10-6-13/h1,3,7H,2,4-6,8-10H2. The molecule has 0 aliphatic carbocycles. The Hall–Kier alpha value is -1.33. The lowest BCUT2D eigenvalue weighted by molar-refractivity contribution is 0.0288. The number of ether oxygens (including phenoxy) is 2. The molecule has 94 valence electrons. The Bertz CT molecular complexity index is 330. The van der Waals surface area contributed by atoms with Gasteiger partial charge in [-0.25, -0.2) is 4.79 Å². The van der Waals surface area contributed by atoms with Crippen molar-refractivity contribution in [2.45, 2.75) is 6.42 Å². The molecule has 0 saturated carbocycles. The van der Waals surface area contributed by atoms with Crippen molar-refractivity contribution in [2.75, 3.05) is 39.5 Å². The number of hydrogen-bond acceptors (Lipinski definition) is 5. The Labute approximate surface area is 100 Å². The Kier molecular flexibility index (Phi) is 4.58. The molecular weight excluding hydrogens is 222 g/mol. The number of carbonyl (C=O) groups excluding carboxylic acids is 1. The fraction of sp³-hybridized carbons (Fsp3) is 0.583. The van der Waals surface area contributed by atoms with E-state index < -0.39 is 5.97 Å². The molecule has 1 aliphatic heterocycles. The summed E-state index contributed by atoms with van der Waals surface area (Å²) in [6, 6.07) is 3.27. The highest BCUT2D eigenvalue weighted by Gasteiger charge is 2.11. The van der Waals surface area contributed by atoms with E-state index in [2.05, 4.69) is 4.90 Å². The quantitative estimate of drug-likeness (QED) is 0.570. The van der Waals surface area contributed by atoms with Crippen molar-refractivity contribution in [3.05, 3.63) is 24.2 Å². The predicted molar refractivity (Wildman–Crippen MR) is 60.9 cm³/mol. The number of carbonyl (C=O) groups is 1. The average Bonchev–Trinajstić information content (AvgIpc) is 2.89. The van der Waals surface area contributed by atoms with Gasteiger partial charge >= 0.3 is 5.97 Å². The third kappa shape index (κ3) is 3.87. The lowest BCUT2D eigenvalue weighted by Crippen LogP contribution is -2.37. The minimum atomic E-state index is -0.392.